The van der Waals surface area contributed by atoms with Gasteiger partial charge in [-0.2, -0.15) is 4.68 Å². The predicted molar refractivity (Wildman–Crippen MR) is 74.1 cm³/mol. The molecular weight excluding hydrogens is 296 g/mol. The van der Waals surface area contributed by atoms with E-state index in [0.717, 1.165) is 11.8 Å². The number of phenolic OH excluding ortho intramolecular Hbond substituents is 1. The van der Waals surface area contributed by atoms with Crippen LogP contribution in [0.2, 0.25) is 0 Å². The first-order valence-corrected chi connectivity index (χ1v) is 6.81. The van der Waals surface area contributed by atoms with Gasteiger partial charge in [-0.1, -0.05) is 11.8 Å². The quantitative estimate of drug-likeness (QED) is 0.675. The van der Waals surface area contributed by atoms with E-state index in [9.17, 15) is 14.7 Å². The number of carbonyl (C=O) groups is 2. The van der Waals surface area contributed by atoms with E-state index in [1.807, 2.05) is 0 Å². The van der Waals surface area contributed by atoms with Crippen LogP contribution in [0.3, 0.4) is 0 Å². The number of carbonyl (C=O) groups excluding carboxylic acids is 2. The Morgan fingerprint density at radius 3 is 2.71 bits per heavy atom. The van der Waals surface area contributed by atoms with Gasteiger partial charge in [-0.15, -0.1) is 5.10 Å². The first kappa shape index (κ1) is 14.8. The molecule has 0 saturated heterocycles. The molecule has 0 spiro atoms. The molecule has 0 aliphatic carbocycles. The van der Waals surface area contributed by atoms with Crippen molar-refractivity contribution < 1.29 is 14.7 Å². The second kappa shape index (κ2) is 6.70. The molecule has 21 heavy (non-hydrogen) atoms. The van der Waals surface area contributed by atoms with Gasteiger partial charge < -0.3 is 10.4 Å². The van der Waals surface area contributed by atoms with Crippen LogP contribution in [0, 0.1) is 0 Å². The molecule has 0 radical (unpaired) electrons. The largest absolute Gasteiger partial charge is 0.508 e. The Kier molecular flexibility index (Phi) is 4.72. The number of hydrogen-bond donors (Lipinski definition) is 3. The fourth-order valence-electron chi connectivity index (χ4n) is 1.38. The second-order valence-corrected chi connectivity index (χ2v) is 4.75. The summed E-state index contributed by atoms with van der Waals surface area (Å²) in [6.45, 7) is 0. The van der Waals surface area contributed by atoms with Crippen molar-refractivity contribution in [1.29, 1.82) is 0 Å². The van der Waals surface area contributed by atoms with Crippen LogP contribution in [0.25, 0.3) is 5.69 Å². The summed E-state index contributed by atoms with van der Waals surface area (Å²) in [6.07, 6.45) is 0. The summed E-state index contributed by atoms with van der Waals surface area (Å²) in [5.41, 5.74) is 0.645. The number of thioether (sulfide) groups is 1. The molecular formula is C11H12N6O3S. The van der Waals surface area contributed by atoms with E-state index in [1.165, 1.54) is 23.9 Å². The number of benzene rings is 1. The van der Waals surface area contributed by atoms with Gasteiger partial charge in [0.15, 0.2) is 0 Å². The molecule has 0 aliphatic heterocycles. The summed E-state index contributed by atoms with van der Waals surface area (Å²) >= 11 is 1.09. The Morgan fingerprint density at radius 1 is 1.33 bits per heavy atom. The molecule has 0 fully saturated rings. The van der Waals surface area contributed by atoms with Crippen LogP contribution in [0.1, 0.15) is 0 Å². The molecule has 110 valence electrons. The lowest BCUT2D eigenvalue weighted by Gasteiger charge is -2.04. The number of nitrogens with one attached hydrogen (secondary N) is 2. The third-order valence-electron chi connectivity index (χ3n) is 2.35. The maximum absolute atomic E-state index is 11.5. The lowest BCUT2D eigenvalue weighted by atomic mass is 10.3. The average molecular weight is 308 g/mol. The number of tetrazole rings is 1. The molecule has 3 N–H and O–H groups in total. The Labute approximate surface area is 123 Å². The zero-order chi connectivity index (χ0) is 15.2. The number of phenols is 1. The van der Waals surface area contributed by atoms with E-state index in [1.54, 1.807) is 12.1 Å². The SMILES string of the molecule is CNC(=O)NC(=O)CSc1nnnn1-c1ccc(O)cc1. The first-order chi connectivity index (χ1) is 10.1. The van der Waals surface area contributed by atoms with Crippen LogP contribution in [0.5, 0.6) is 5.75 Å². The number of nitrogens with zero attached hydrogens (tertiary/aromatic N) is 4. The van der Waals surface area contributed by atoms with Gasteiger partial charge in [0.1, 0.15) is 5.75 Å². The van der Waals surface area contributed by atoms with Gasteiger partial charge in [-0.05, 0) is 34.7 Å². The Hall–Kier alpha value is -2.62. The van der Waals surface area contributed by atoms with Gasteiger partial charge in [0.05, 0.1) is 11.4 Å². The fraction of sp³-hybridized carbons (Fsp3) is 0.182. The second-order valence-electron chi connectivity index (χ2n) is 3.81. The Bertz CT molecular complexity index is 642. The molecule has 9 nitrogen and oxygen atoms in total. The minimum absolute atomic E-state index is 0.00806. The zero-order valence-corrected chi connectivity index (χ0v) is 11.8. The van der Waals surface area contributed by atoms with Crippen molar-refractivity contribution >= 4 is 23.7 Å². The van der Waals surface area contributed by atoms with E-state index < -0.39 is 11.9 Å². The van der Waals surface area contributed by atoms with Crippen LogP contribution >= 0.6 is 11.8 Å². The molecule has 0 saturated carbocycles. The normalized spacial score (nSPS) is 10.1. The zero-order valence-electron chi connectivity index (χ0n) is 11.0. The number of aromatic nitrogens is 4. The number of rotatable bonds is 4. The van der Waals surface area contributed by atoms with Crippen molar-refractivity contribution in [1.82, 2.24) is 30.8 Å². The third kappa shape index (κ3) is 3.92. The standard InChI is InChI=1S/C11H12N6O3S/c1-12-10(20)13-9(19)6-21-11-14-15-16-17(11)7-2-4-8(18)5-3-7/h2-5,18H,6H2,1H3,(H2,12,13,19,20). The van der Waals surface area contributed by atoms with E-state index in [4.69, 9.17) is 0 Å². The molecule has 1 aromatic heterocycles. The van der Waals surface area contributed by atoms with E-state index in [2.05, 4.69) is 26.2 Å². The molecule has 0 aliphatic rings. The van der Waals surface area contributed by atoms with Crippen molar-refractivity contribution in [2.75, 3.05) is 12.8 Å². The highest BCUT2D eigenvalue weighted by Gasteiger charge is 2.12. The summed E-state index contributed by atoms with van der Waals surface area (Å²) in [5.74, 6) is -0.336. The van der Waals surface area contributed by atoms with Crippen LogP contribution in [0.15, 0.2) is 29.4 Å². The smallest absolute Gasteiger partial charge is 0.321 e. The lowest BCUT2D eigenvalue weighted by molar-refractivity contribution is -0.117. The molecule has 0 unspecified atom stereocenters. The minimum atomic E-state index is -0.571. The van der Waals surface area contributed by atoms with Crippen molar-refractivity contribution in [3.05, 3.63) is 24.3 Å². The van der Waals surface area contributed by atoms with Crippen LogP contribution in [-0.4, -0.2) is 50.1 Å². The molecule has 1 aromatic carbocycles. The molecule has 1 heterocycles. The maximum atomic E-state index is 11.5. The maximum Gasteiger partial charge on any atom is 0.321 e. The van der Waals surface area contributed by atoms with Crippen LogP contribution < -0.4 is 10.6 Å². The highest BCUT2D eigenvalue weighted by atomic mass is 32.2. The number of hydrogen-bond acceptors (Lipinski definition) is 7. The summed E-state index contributed by atoms with van der Waals surface area (Å²) in [7, 11) is 1.42. The number of aromatic hydroxyl groups is 1. The molecule has 3 amide bonds. The van der Waals surface area contributed by atoms with Crippen molar-refractivity contribution in [3.63, 3.8) is 0 Å². The number of urea groups is 1. The molecule has 0 bridgehead atoms. The highest BCUT2D eigenvalue weighted by Crippen LogP contribution is 2.19. The lowest BCUT2D eigenvalue weighted by Crippen LogP contribution is -2.38. The summed E-state index contributed by atoms with van der Waals surface area (Å²) < 4.78 is 1.43. The van der Waals surface area contributed by atoms with Crippen LogP contribution in [-0.2, 0) is 4.79 Å². The van der Waals surface area contributed by atoms with E-state index in [0.29, 0.717) is 10.8 Å². The first-order valence-electron chi connectivity index (χ1n) is 5.82. The fourth-order valence-corrected chi connectivity index (χ4v) is 2.07. The van der Waals surface area contributed by atoms with Gasteiger partial charge in [0.2, 0.25) is 11.1 Å². The molecule has 0 atom stereocenters. The van der Waals surface area contributed by atoms with Gasteiger partial charge in [0.25, 0.3) is 0 Å². The van der Waals surface area contributed by atoms with Crippen molar-refractivity contribution in [2.45, 2.75) is 5.16 Å². The monoisotopic (exact) mass is 308 g/mol. The topological polar surface area (TPSA) is 122 Å². The molecule has 2 rings (SSSR count). The summed E-state index contributed by atoms with van der Waals surface area (Å²) in [5, 5.41) is 25.2. The van der Waals surface area contributed by atoms with Crippen LogP contribution in [0.4, 0.5) is 4.79 Å². The summed E-state index contributed by atoms with van der Waals surface area (Å²) in [6, 6.07) is 5.72. The van der Waals surface area contributed by atoms with Gasteiger partial charge >= 0.3 is 6.03 Å². The predicted octanol–water partition coefficient (Wildman–Crippen LogP) is -0.0844. The van der Waals surface area contributed by atoms with Gasteiger partial charge in [0, 0.05) is 7.05 Å². The average Bonchev–Trinajstić information content (AvgIpc) is 2.94. The van der Waals surface area contributed by atoms with Crippen molar-refractivity contribution in [2.24, 2.45) is 0 Å². The summed E-state index contributed by atoms with van der Waals surface area (Å²) in [4.78, 5) is 22.5. The Morgan fingerprint density at radius 2 is 2.05 bits per heavy atom. The molecule has 2 aromatic rings. The van der Waals surface area contributed by atoms with E-state index in [-0.39, 0.29) is 11.5 Å². The Balaban J connectivity index is 2.02. The van der Waals surface area contributed by atoms with E-state index >= 15 is 0 Å². The number of amides is 3. The highest BCUT2D eigenvalue weighted by molar-refractivity contribution is 7.99. The third-order valence-corrected chi connectivity index (χ3v) is 3.27. The minimum Gasteiger partial charge on any atom is -0.508 e. The number of imide groups is 1. The van der Waals surface area contributed by atoms with Crippen molar-refractivity contribution in [3.8, 4) is 11.4 Å². The molecule has 10 heteroatoms. The van der Waals surface area contributed by atoms with Gasteiger partial charge in [-0.25, -0.2) is 4.79 Å². The van der Waals surface area contributed by atoms with Gasteiger partial charge in [-0.3, -0.25) is 10.1 Å².